The third-order valence-electron chi connectivity index (χ3n) is 3.62. The highest BCUT2D eigenvalue weighted by Gasteiger charge is 2.21. The Kier molecular flexibility index (Phi) is 3.07. The molecular weight excluding hydrogens is 250 g/mol. The Balaban J connectivity index is 1.75. The summed E-state index contributed by atoms with van der Waals surface area (Å²) in [6.07, 6.45) is 5.52. The van der Waals surface area contributed by atoms with Crippen molar-refractivity contribution >= 4 is 28.6 Å². The molecule has 5 nitrogen and oxygen atoms in total. The van der Waals surface area contributed by atoms with Gasteiger partial charge in [0.25, 0.3) is 0 Å². The zero-order chi connectivity index (χ0) is 12.5. The number of nitrogens with zero attached hydrogens (tertiary/aromatic N) is 3. The highest BCUT2D eigenvalue weighted by Crippen LogP contribution is 2.30. The highest BCUT2D eigenvalue weighted by atomic mass is 35.5. The quantitative estimate of drug-likeness (QED) is 0.838. The predicted octanol–water partition coefficient (Wildman–Crippen LogP) is 2.85. The molecule has 0 bridgehead atoms. The summed E-state index contributed by atoms with van der Waals surface area (Å²) in [7, 11) is 0. The number of H-pyrrole nitrogens is 1. The van der Waals surface area contributed by atoms with Gasteiger partial charge < -0.3 is 10.3 Å². The Morgan fingerprint density at radius 2 is 2.33 bits per heavy atom. The van der Waals surface area contributed by atoms with Crippen molar-refractivity contribution in [1.29, 1.82) is 0 Å². The Morgan fingerprint density at radius 3 is 3.11 bits per heavy atom. The molecule has 2 heterocycles. The van der Waals surface area contributed by atoms with Crippen LogP contribution in [-0.4, -0.2) is 26.5 Å². The second kappa shape index (κ2) is 4.72. The first-order valence-electron chi connectivity index (χ1n) is 6.33. The summed E-state index contributed by atoms with van der Waals surface area (Å²) in [6.45, 7) is 3.25. The maximum atomic E-state index is 5.88. The molecule has 1 aliphatic rings. The molecule has 0 amide bonds. The van der Waals surface area contributed by atoms with Crippen LogP contribution >= 0.6 is 11.6 Å². The van der Waals surface area contributed by atoms with E-state index in [1.165, 1.54) is 19.3 Å². The van der Waals surface area contributed by atoms with Gasteiger partial charge in [0.1, 0.15) is 5.52 Å². The largest absolute Gasteiger partial charge is 0.368 e. The summed E-state index contributed by atoms with van der Waals surface area (Å²) < 4.78 is 0. The number of anilines is 1. The van der Waals surface area contributed by atoms with Crippen LogP contribution in [0.1, 0.15) is 26.2 Å². The number of nitrogens with one attached hydrogen (secondary N) is 2. The fourth-order valence-electron chi connectivity index (χ4n) is 2.69. The minimum atomic E-state index is 0.233. The van der Waals surface area contributed by atoms with Gasteiger partial charge in [0.15, 0.2) is 11.5 Å². The second-order valence-electron chi connectivity index (χ2n) is 5.11. The molecule has 0 aromatic carbocycles. The summed E-state index contributed by atoms with van der Waals surface area (Å²) in [6, 6.07) is 0. The van der Waals surface area contributed by atoms with Crippen LogP contribution in [0.5, 0.6) is 0 Å². The van der Waals surface area contributed by atoms with Crippen LogP contribution in [0.2, 0.25) is 5.28 Å². The molecule has 18 heavy (non-hydrogen) atoms. The van der Waals surface area contributed by atoms with Crippen molar-refractivity contribution in [3.05, 3.63) is 11.6 Å². The minimum absolute atomic E-state index is 0.233. The Morgan fingerprint density at radius 1 is 1.44 bits per heavy atom. The van der Waals surface area contributed by atoms with E-state index >= 15 is 0 Å². The summed E-state index contributed by atoms with van der Waals surface area (Å²) >= 11 is 5.88. The van der Waals surface area contributed by atoms with Crippen molar-refractivity contribution in [2.24, 2.45) is 11.8 Å². The molecule has 2 N–H and O–H groups in total. The number of aromatic nitrogens is 4. The van der Waals surface area contributed by atoms with E-state index in [0.717, 1.165) is 29.7 Å². The van der Waals surface area contributed by atoms with Gasteiger partial charge >= 0.3 is 0 Å². The van der Waals surface area contributed by atoms with Crippen molar-refractivity contribution < 1.29 is 0 Å². The molecule has 1 fully saturated rings. The SMILES string of the molecule is CC1CCC(CNc2nc(Cl)nc3nc[nH]c23)C1. The Hall–Kier alpha value is -1.36. The molecule has 2 atom stereocenters. The summed E-state index contributed by atoms with van der Waals surface area (Å²) in [5.74, 6) is 2.33. The number of halogens is 1. The van der Waals surface area contributed by atoms with Gasteiger partial charge in [-0.1, -0.05) is 13.3 Å². The molecule has 0 saturated heterocycles. The lowest BCUT2D eigenvalue weighted by Crippen LogP contribution is -2.13. The van der Waals surface area contributed by atoms with Crippen LogP contribution < -0.4 is 5.32 Å². The van der Waals surface area contributed by atoms with E-state index in [1.54, 1.807) is 6.33 Å². The molecule has 96 valence electrons. The first-order valence-corrected chi connectivity index (χ1v) is 6.70. The molecular formula is C12H16ClN5. The standard InChI is InChI=1S/C12H16ClN5/c1-7-2-3-8(4-7)5-14-10-9-11(16-6-15-9)18-12(13)17-10/h6-8H,2-5H2,1H3,(H2,14,15,16,17,18). The lowest BCUT2D eigenvalue weighted by molar-refractivity contribution is 0.536. The Labute approximate surface area is 110 Å². The number of rotatable bonds is 3. The van der Waals surface area contributed by atoms with E-state index in [-0.39, 0.29) is 5.28 Å². The van der Waals surface area contributed by atoms with Gasteiger partial charge in [-0.2, -0.15) is 9.97 Å². The molecule has 0 radical (unpaired) electrons. The fourth-order valence-corrected chi connectivity index (χ4v) is 2.85. The van der Waals surface area contributed by atoms with Crippen molar-refractivity contribution in [2.75, 3.05) is 11.9 Å². The van der Waals surface area contributed by atoms with Crippen LogP contribution in [0.3, 0.4) is 0 Å². The highest BCUT2D eigenvalue weighted by molar-refractivity contribution is 6.28. The third kappa shape index (κ3) is 2.27. The summed E-state index contributed by atoms with van der Waals surface area (Å²) in [5.41, 5.74) is 1.43. The predicted molar refractivity (Wildman–Crippen MR) is 71.7 cm³/mol. The molecule has 0 aliphatic heterocycles. The lowest BCUT2D eigenvalue weighted by Gasteiger charge is -2.12. The van der Waals surface area contributed by atoms with E-state index < -0.39 is 0 Å². The van der Waals surface area contributed by atoms with Gasteiger partial charge in [-0.25, -0.2) is 4.98 Å². The van der Waals surface area contributed by atoms with Crippen molar-refractivity contribution in [3.63, 3.8) is 0 Å². The smallest absolute Gasteiger partial charge is 0.226 e. The van der Waals surface area contributed by atoms with Crippen LogP contribution in [0.25, 0.3) is 11.2 Å². The Bertz CT molecular complexity index is 552. The molecule has 1 aliphatic carbocycles. The zero-order valence-corrected chi connectivity index (χ0v) is 11.0. The van der Waals surface area contributed by atoms with Crippen molar-refractivity contribution in [3.8, 4) is 0 Å². The first kappa shape index (κ1) is 11.7. The average molecular weight is 266 g/mol. The maximum Gasteiger partial charge on any atom is 0.226 e. The van der Waals surface area contributed by atoms with Gasteiger partial charge in [0.2, 0.25) is 5.28 Å². The monoisotopic (exact) mass is 265 g/mol. The van der Waals surface area contributed by atoms with E-state index in [0.29, 0.717) is 5.65 Å². The summed E-state index contributed by atoms with van der Waals surface area (Å²) in [5, 5.41) is 3.60. The fraction of sp³-hybridized carbons (Fsp3) is 0.583. The van der Waals surface area contributed by atoms with Crippen molar-refractivity contribution in [1.82, 2.24) is 19.9 Å². The molecule has 0 spiro atoms. The third-order valence-corrected chi connectivity index (χ3v) is 3.79. The van der Waals surface area contributed by atoms with Crippen LogP contribution in [0.15, 0.2) is 6.33 Å². The molecule has 2 aromatic rings. The first-order chi connectivity index (χ1) is 8.72. The minimum Gasteiger partial charge on any atom is -0.368 e. The van der Waals surface area contributed by atoms with Crippen molar-refractivity contribution in [2.45, 2.75) is 26.2 Å². The van der Waals surface area contributed by atoms with Gasteiger partial charge in [0, 0.05) is 6.54 Å². The van der Waals surface area contributed by atoms with E-state index in [2.05, 4.69) is 32.2 Å². The van der Waals surface area contributed by atoms with Gasteiger partial charge in [-0.15, -0.1) is 0 Å². The molecule has 6 heteroatoms. The number of hydrogen-bond acceptors (Lipinski definition) is 4. The van der Waals surface area contributed by atoms with E-state index in [9.17, 15) is 0 Å². The number of fused-ring (bicyclic) bond motifs is 1. The second-order valence-corrected chi connectivity index (χ2v) is 5.45. The molecule has 1 saturated carbocycles. The normalized spacial score (nSPS) is 23.7. The zero-order valence-electron chi connectivity index (χ0n) is 10.3. The van der Waals surface area contributed by atoms with Gasteiger partial charge in [0.05, 0.1) is 6.33 Å². The van der Waals surface area contributed by atoms with E-state index in [1.807, 2.05) is 0 Å². The number of aromatic amines is 1. The van der Waals surface area contributed by atoms with Gasteiger partial charge in [-0.05, 0) is 36.3 Å². The molecule has 2 unspecified atom stereocenters. The van der Waals surface area contributed by atoms with Crippen LogP contribution in [0.4, 0.5) is 5.82 Å². The van der Waals surface area contributed by atoms with E-state index in [4.69, 9.17) is 11.6 Å². The number of hydrogen-bond donors (Lipinski definition) is 2. The average Bonchev–Trinajstić information content (AvgIpc) is 2.94. The maximum absolute atomic E-state index is 5.88. The van der Waals surface area contributed by atoms with Crippen LogP contribution in [0, 0.1) is 11.8 Å². The van der Waals surface area contributed by atoms with Gasteiger partial charge in [-0.3, -0.25) is 0 Å². The van der Waals surface area contributed by atoms with Crippen LogP contribution in [-0.2, 0) is 0 Å². The molecule has 2 aromatic heterocycles. The topological polar surface area (TPSA) is 66.5 Å². The number of imidazole rings is 1. The molecule has 3 rings (SSSR count). The summed E-state index contributed by atoms with van der Waals surface area (Å²) in [4.78, 5) is 15.4. The lowest BCUT2D eigenvalue weighted by atomic mass is 10.1.